The fraction of sp³-hybridized carbons (Fsp3) is 0.684. The second kappa shape index (κ2) is 6.66. The van der Waals surface area contributed by atoms with Gasteiger partial charge in [-0.3, -0.25) is 9.78 Å². The Balaban J connectivity index is 1.89. The standard InChI is InChI=1S/C19H27BrN2O2/c1-12(2)24-16(23)11-15-13(3)21-14(4)17(20)18(15)22-9-7-19(5-6-19)8-10-22/h12H,5-11H2,1-4H3. The maximum Gasteiger partial charge on any atom is 0.310 e. The van der Waals surface area contributed by atoms with E-state index in [1.165, 1.54) is 25.7 Å². The number of carbonyl (C=O) groups excluding carboxylic acids is 1. The van der Waals surface area contributed by atoms with Crippen LogP contribution in [0.5, 0.6) is 0 Å². The molecule has 5 heteroatoms. The average Bonchev–Trinajstić information content (AvgIpc) is 3.25. The molecule has 0 bridgehead atoms. The van der Waals surface area contributed by atoms with Crippen molar-refractivity contribution in [2.75, 3.05) is 18.0 Å². The van der Waals surface area contributed by atoms with Crippen LogP contribution in [0.15, 0.2) is 4.47 Å². The van der Waals surface area contributed by atoms with Gasteiger partial charge >= 0.3 is 5.97 Å². The monoisotopic (exact) mass is 394 g/mol. The van der Waals surface area contributed by atoms with E-state index in [1.807, 2.05) is 27.7 Å². The molecule has 0 aromatic carbocycles. The molecule has 1 aliphatic carbocycles. The summed E-state index contributed by atoms with van der Waals surface area (Å²) in [5.41, 5.74) is 4.70. The van der Waals surface area contributed by atoms with Crippen LogP contribution >= 0.6 is 15.9 Å². The zero-order valence-electron chi connectivity index (χ0n) is 15.1. The quantitative estimate of drug-likeness (QED) is 0.712. The third-order valence-corrected chi connectivity index (χ3v) is 6.32. The average molecular weight is 395 g/mol. The van der Waals surface area contributed by atoms with Gasteiger partial charge in [-0.05, 0) is 74.7 Å². The molecule has 132 valence electrons. The Morgan fingerprint density at radius 2 is 1.83 bits per heavy atom. The molecule has 4 nitrogen and oxygen atoms in total. The normalized spacial score (nSPS) is 19.0. The van der Waals surface area contributed by atoms with Gasteiger partial charge < -0.3 is 9.64 Å². The second-order valence-corrected chi connectivity index (χ2v) is 8.42. The molecule has 0 atom stereocenters. The summed E-state index contributed by atoms with van der Waals surface area (Å²) in [6, 6.07) is 0. The number of aromatic nitrogens is 1. The number of anilines is 1. The lowest BCUT2D eigenvalue weighted by Gasteiger charge is -2.36. The third kappa shape index (κ3) is 3.61. The first-order valence-electron chi connectivity index (χ1n) is 8.91. The van der Waals surface area contributed by atoms with Gasteiger partial charge in [0.2, 0.25) is 0 Å². The first-order valence-corrected chi connectivity index (χ1v) is 9.71. The van der Waals surface area contributed by atoms with Crippen LogP contribution in [0.1, 0.15) is 56.5 Å². The van der Waals surface area contributed by atoms with Crippen LogP contribution in [0.2, 0.25) is 0 Å². The van der Waals surface area contributed by atoms with Crippen molar-refractivity contribution in [3.63, 3.8) is 0 Å². The Morgan fingerprint density at radius 3 is 2.38 bits per heavy atom. The van der Waals surface area contributed by atoms with E-state index in [4.69, 9.17) is 4.74 Å². The van der Waals surface area contributed by atoms with E-state index in [0.717, 1.165) is 40.2 Å². The highest BCUT2D eigenvalue weighted by Crippen LogP contribution is 2.54. The van der Waals surface area contributed by atoms with Gasteiger partial charge in [0.05, 0.1) is 28.4 Å². The van der Waals surface area contributed by atoms with E-state index in [1.54, 1.807) is 0 Å². The molecule has 2 fully saturated rings. The Hall–Kier alpha value is -1.10. The number of halogens is 1. The van der Waals surface area contributed by atoms with Gasteiger partial charge in [0.15, 0.2) is 0 Å². The molecule has 3 rings (SSSR count). The molecular weight excluding hydrogens is 368 g/mol. The predicted molar refractivity (Wildman–Crippen MR) is 99.5 cm³/mol. The largest absolute Gasteiger partial charge is 0.463 e. The summed E-state index contributed by atoms with van der Waals surface area (Å²) in [6.45, 7) is 9.90. The lowest BCUT2D eigenvalue weighted by molar-refractivity contribution is -0.146. The molecule has 0 unspecified atom stereocenters. The minimum Gasteiger partial charge on any atom is -0.463 e. The molecule has 1 saturated carbocycles. The first kappa shape index (κ1) is 17.7. The van der Waals surface area contributed by atoms with E-state index in [-0.39, 0.29) is 18.5 Å². The zero-order chi connectivity index (χ0) is 17.5. The van der Waals surface area contributed by atoms with Crippen LogP contribution < -0.4 is 4.90 Å². The number of ether oxygens (including phenoxy) is 1. The molecule has 1 spiro atoms. The highest BCUT2D eigenvalue weighted by atomic mass is 79.9. The van der Waals surface area contributed by atoms with Crippen molar-refractivity contribution >= 4 is 27.6 Å². The number of nitrogens with zero attached hydrogens (tertiary/aromatic N) is 2. The fourth-order valence-electron chi connectivity index (χ4n) is 3.71. The summed E-state index contributed by atoms with van der Waals surface area (Å²) in [6.07, 6.45) is 5.50. The van der Waals surface area contributed by atoms with Crippen molar-refractivity contribution in [1.29, 1.82) is 0 Å². The fourth-order valence-corrected chi connectivity index (χ4v) is 4.29. The van der Waals surface area contributed by atoms with Gasteiger partial charge in [0.25, 0.3) is 0 Å². The minimum atomic E-state index is -0.178. The summed E-state index contributed by atoms with van der Waals surface area (Å²) >= 11 is 3.73. The summed E-state index contributed by atoms with van der Waals surface area (Å²) in [5.74, 6) is -0.178. The lowest BCUT2D eigenvalue weighted by Crippen LogP contribution is -2.36. The summed E-state index contributed by atoms with van der Waals surface area (Å²) < 4.78 is 6.38. The number of hydrogen-bond donors (Lipinski definition) is 0. The van der Waals surface area contributed by atoms with Crippen molar-refractivity contribution in [2.45, 2.75) is 65.9 Å². The summed E-state index contributed by atoms with van der Waals surface area (Å²) in [7, 11) is 0. The molecule has 1 aliphatic heterocycles. The number of esters is 1. The predicted octanol–water partition coefficient (Wildman–Crippen LogP) is 4.34. The molecule has 1 aromatic heterocycles. The molecule has 0 N–H and O–H groups in total. The summed E-state index contributed by atoms with van der Waals surface area (Å²) in [5, 5.41) is 0. The van der Waals surface area contributed by atoms with Crippen molar-refractivity contribution < 1.29 is 9.53 Å². The van der Waals surface area contributed by atoms with E-state index in [9.17, 15) is 4.79 Å². The van der Waals surface area contributed by atoms with Gasteiger partial charge in [-0.1, -0.05) is 0 Å². The number of carbonyl (C=O) groups is 1. The Bertz CT molecular complexity index is 643. The van der Waals surface area contributed by atoms with Crippen LogP contribution in [0, 0.1) is 19.3 Å². The van der Waals surface area contributed by atoms with Crippen LogP contribution in [0.3, 0.4) is 0 Å². The van der Waals surface area contributed by atoms with Crippen LogP contribution in [0.4, 0.5) is 5.69 Å². The SMILES string of the molecule is Cc1nc(C)c(CC(=O)OC(C)C)c(N2CCC3(CC2)CC3)c1Br. The van der Waals surface area contributed by atoms with Gasteiger partial charge in [0.1, 0.15) is 0 Å². The topological polar surface area (TPSA) is 42.4 Å². The van der Waals surface area contributed by atoms with Gasteiger partial charge in [-0.2, -0.15) is 0 Å². The highest BCUT2D eigenvalue weighted by molar-refractivity contribution is 9.10. The number of hydrogen-bond acceptors (Lipinski definition) is 4. The second-order valence-electron chi connectivity index (χ2n) is 7.63. The number of aryl methyl sites for hydroxylation is 2. The molecule has 0 amide bonds. The van der Waals surface area contributed by atoms with Crippen molar-refractivity contribution in [3.8, 4) is 0 Å². The third-order valence-electron chi connectivity index (χ3n) is 5.37. The molecule has 2 aliphatic rings. The van der Waals surface area contributed by atoms with Crippen molar-refractivity contribution in [2.24, 2.45) is 5.41 Å². The minimum absolute atomic E-state index is 0.0900. The number of piperidine rings is 1. The summed E-state index contributed by atoms with van der Waals surface area (Å²) in [4.78, 5) is 19.3. The Morgan fingerprint density at radius 1 is 1.21 bits per heavy atom. The highest BCUT2D eigenvalue weighted by Gasteiger charge is 2.44. The van der Waals surface area contributed by atoms with E-state index >= 15 is 0 Å². The molecule has 2 heterocycles. The van der Waals surface area contributed by atoms with Gasteiger partial charge in [-0.25, -0.2) is 0 Å². The maximum atomic E-state index is 12.2. The molecule has 1 saturated heterocycles. The first-order chi connectivity index (χ1) is 11.3. The van der Waals surface area contributed by atoms with Gasteiger partial charge in [0, 0.05) is 24.3 Å². The maximum absolute atomic E-state index is 12.2. The van der Waals surface area contributed by atoms with E-state index < -0.39 is 0 Å². The Labute approximate surface area is 153 Å². The zero-order valence-corrected chi connectivity index (χ0v) is 16.7. The van der Waals surface area contributed by atoms with E-state index in [0.29, 0.717) is 5.41 Å². The van der Waals surface area contributed by atoms with Crippen molar-refractivity contribution in [1.82, 2.24) is 4.98 Å². The Kier molecular flexibility index (Phi) is 4.92. The van der Waals surface area contributed by atoms with Gasteiger partial charge in [-0.15, -0.1) is 0 Å². The van der Waals surface area contributed by atoms with Crippen molar-refractivity contribution in [3.05, 3.63) is 21.4 Å². The van der Waals surface area contributed by atoms with Crippen LogP contribution in [-0.4, -0.2) is 30.1 Å². The smallest absolute Gasteiger partial charge is 0.310 e. The van der Waals surface area contributed by atoms with Crippen LogP contribution in [-0.2, 0) is 16.0 Å². The number of pyridine rings is 1. The molecular formula is C19H27BrN2O2. The van der Waals surface area contributed by atoms with E-state index in [2.05, 4.69) is 25.8 Å². The molecule has 24 heavy (non-hydrogen) atoms. The molecule has 1 aromatic rings. The molecule has 0 radical (unpaired) electrons. The van der Waals surface area contributed by atoms with Crippen LogP contribution in [0.25, 0.3) is 0 Å². The number of rotatable bonds is 4. The lowest BCUT2D eigenvalue weighted by atomic mass is 9.92.